The van der Waals surface area contributed by atoms with Crippen molar-refractivity contribution in [3.05, 3.63) is 48.6 Å². The number of phosphoric acid groups is 1. The molecule has 0 bridgehead atoms. The number of hydrogen-bond acceptors (Lipinski definition) is 5. The molecule has 0 saturated heterocycles. The van der Waals surface area contributed by atoms with Crippen LogP contribution in [0.25, 0.3) is 0 Å². The van der Waals surface area contributed by atoms with Crippen molar-refractivity contribution in [2.75, 3.05) is 40.9 Å². The van der Waals surface area contributed by atoms with Crippen LogP contribution >= 0.6 is 7.82 Å². The van der Waals surface area contributed by atoms with E-state index in [2.05, 4.69) is 67.8 Å². The summed E-state index contributed by atoms with van der Waals surface area (Å²) in [5.74, 6) is -0.140. The molecule has 3 N–H and O–H groups in total. The van der Waals surface area contributed by atoms with Crippen LogP contribution in [0.15, 0.2) is 48.6 Å². The third-order valence-corrected chi connectivity index (χ3v) is 15.1. The first-order valence-corrected chi connectivity index (χ1v) is 32.5. The molecular formula is C63H122N2O6P+. The summed E-state index contributed by atoms with van der Waals surface area (Å²) in [4.78, 5) is 23.3. The first-order chi connectivity index (χ1) is 35.0. The summed E-state index contributed by atoms with van der Waals surface area (Å²) in [5, 5.41) is 14.1. The summed E-state index contributed by atoms with van der Waals surface area (Å²) in [6, 6.07) is -0.759. The summed E-state index contributed by atoms with van der Waals surface area (Å²) in [5.41, 5.74) is 0. The molecule has 0 aliphatic rings. The summed E-state index contributed by atoms with van der Waals surface area (Å²) >= 11 is 0. The number of aliphatic hydroxyl groups is 1. The van der Waals surface area contributed by atoms with Gasteiger partial charge in [-0.25, -0.2) is 4.57 Å². The fourth-order valence-electron chi connectivity index (χ4n) is 9.28. The second kappa shape index (κ2) is 54.3. The number of nitrogens with zero attached hydrogens (tertiary/aromatic N) is 1. The Hall–Kier alpha value is -1.54. The molecule has 0 radical (unpaired) electrons. The van der Waals surface area contributed by atoms with Crippen LogP contribution in [0.1, 0.15) is 296 Å². The standard InChI is InChI=1S/C63H121N2O6P/c1-6-8-10-12-14-16-18-20-22-23-24-25-26-27-28-29-30-31-32-33-34-35-36-37-38-39-40-41-43-45-47-49-51-53-55-57-63(67)64-61(60-71-72(68,69)70-59-58-65(3,4)5)62(66)56-54-52-50-48-46-44-42-21-19-17-15-13-11-9-7-2/h8,10,14,16,20,22,24-25,61-62,66H,6-7,9,11-13,15,17-19,21,23,26-60H2,1-5H3,(H-,64,67,68,69)/p+1/b10-8-,16-14-,22-20-,25-24-. The minimum atomic E-state index is -4.32. The molecule has 3 atom stereocenters. The van der Waals surface area contributed by atoms with Gasteiger partial charge in [-0.3, -0.25) is 13.8 Å². The average molecular weight is 1030 g/mol. The van der Waals surface area contributed by atoms with Crippen LogP contribution in [0.5, 0.6) is 0 Å². The number of unbranched alkanes of at least 4 members (excludes halogenated alkanes) is 36. The van der Waals surface area contributed by atoms with Gasteiger partial charge in [-0.2, -0.15) is 0 Å². The Kier molecular flexibility index (Phi) is 53.1. The van der Waals surface area contributed by atoms with Gasteiger partial charge in [-0.15, -0.1) is 0 Å². The first-order valence-electron chi connectivity index (χ1n) is 31.0. The minimum Gasteiger partial charge on any atom is -0.391 e. The lowest BCUT2D eigenvalue weighted by Gasteiger charge is -2.26. The van der Waals surface area contributed by atoms with Gasteiger partial charge in [0.1, 0.15) is 13.2 Å². The number of carbonyl (C=O) groups excluding carboxylic acids is 1. The molecule has 0 aromatic carbocycles. The number of hydrogen-bond donors (Lipinski definition) is 3. The Morgan fingerprint density at radius 3 is 1.22 bits per heavy atom. The van der Waals surface area contributed by atoms with E-state index in [1.54, 1.807) is 0 Å². The molecule has 0 heterocycles. The van der Waals surface area contributed by atoms with Crippen molar-refractivity contribution in [1.82, 2.24) is 5.32 Å². The van der Waals surface area contributed by atoms with Gasteiger partial charge in [0.05, 0.1) is 39.9 Å². The van der Waals surface area contributed by atoms with Crippen LogP contribution < -0.4 is 5.32 Å². The number of likely N-dealkylation sites (N-methyl/N-ethyl adjacent to an activating group) is 1. The van der Waals surface area contributed by atoms with Gasteiger partial charge in [-0.1, -0.05) is 287 Å². The summed E-state index contributed by atoms with van der Waals surface area (Å²) < 4.78 is 23.8. The van der Waals surface area contributed by atoms with Crippen LogP contribution in [0.2, 0.25) is 0 Å². The Balaban J connectivity index is 3.95. The lowest BCUT2D eigenvalue weighted by molar-refractivity contribution is -0.870. The molecule has 424 valence electrons. The molecule has 3 unspecified atom stereocenters. The van der Waals surface area contributed by atoms with Crippen LogP contribution in [-0.4, -0.2) is 73.4 Å². The van der Waals surface area contributed by atoms with Gasteiger partial charge >= 0.3 is 7.82 Å². The zero-order chi connectivity index (χ0) is 52.7. The second-order valence-electron chi connectivity index (χ2n) is 22.4. The molecule has 0 saturated carbocycles. The average Bonchev–Trinajstić information content (AvgIpc) is 3.34. The van der Waals surface area contributed by atoms with Gasteiger partial charge in [0.15, 0.2) is 0 Å². The maximum Gasteiger partial charge on any atom is 0.472 e. The zero-order valence-electron chi connectivity index (χ0n) is 48.4. The highest BCUT2D eigenvalue weighted by molar-refractivity contribution is 7.47. The lowest BCUT2D eigenvalue weighted by Crippen LogP contribution is -2.46. The summed E-state index contributed by atoms with van der Waals surface area (Å²) in [7, 11) is 1.63. The number of quaternary nitrogens is 1. The molecule has 0 aromatic heterocycles. The van der Waals surface area contributed by atoms with E-state index in [-0.39, 0.29) is 19.1 Å². The molecule has 72 heavy (non-hydrogen) atoms. The Morgan fingerprint density at radius 2 is 0.833 bits per heavy atom. The minimum absolute atomic E-state index is 0.0763. The predicted octanol–water partition coefficient (Wildman–Crippen LogP) is 19.1. The normalized spacial score (nSPS) is 14.2. The van der Waals surface area contributed by atoms with E-state index in [1.165, 1.54) is 205 Å². The van der Waals surface area contributed by atoms with E-state index in [0.29, 0.717) is 23.9 Å². The van der Waals surface area contributed by atoms with Crippen LogP contribution in [0, 0.1) is 0 Å². The fourth-order valence-corrected chi connectivity index (χ4v) is 10.0. The summed E-state index contributed by atoms with van der Waals surface area (Å²) in [6.45, 7) is 4.81. The second-order valence-corrected chi connectivity index (χ2v) is 23.9. The van der Waals surface area contributed by atoms with E-state index >= 15 is 0 Å². The lowest BCUT2D eigenvalue weighted by atomic mass is 10.0. The van der Waals surface area contributed by atoms with E-state index in [0.717, 1.165) is 64.2 Å². The first kappa shape index (κ1) is 70.5. The third kappa shape index (κ3) is 56.2. The molecule has 0 spiro atoms. The van der Waals surface area contributed by atoms with Crippen molar-refractivity contribution in [2.24, 2.45) is 0 Å². The highest BCUT2D eigenvalue weighted by atomic mass is 31.2. The Labute approximate surface area is 448 Å². The highest BCUT2D eigenvalue weighted by Crippen LogP contribution is 2.43. The van der Waals surface area contributed by atoms with Gasteiger partial charge in [0.25, 0.3) is 0 Å². The molecule has 0 aliphatic heterocycles. The van der Waals surface area contributed by atoms with Crippen molar-refractivity contribution < 1.29 is 32.9 Å². The van der Waals surface area contributed by atoms with Crippen LogP contribution in [0.3, 0.4) is 0 Å². The molecule has 1 amide bonds. The smallest absolute Gasteiger partial charge is 0.391 e. The highest BCUT2D eigenvalue weighted by Gasteiger charge is 2.28. The van der Waals surface area contributed by atoms with Crippen molar-refractivity contribution >= 4 is 13.7 Å². The largest absolute Gasteiger partial charge is 0.472 e. The third-order valence-electron chi connectivity index (χ3n) is 14.1. The number of phosphoric ester groups is 1. The molecule has 0 aromatic rings. The number of amides is 1. The van der Waals surface area contributed by atoms with E-state index < -0.39 is 20.0 Å². The SMILES string of the molecule is CC/C=C\C/C=C\C/C=C\C/C=C\CCCCCCCCCCCCCCCCCCCCCCCCC(=O)NC(COP(=O)(O)OCC[N+](C)(C)C)C(O)CCCCCCCCCCCCCCCCC. The number of rotatable bonds is 57. The fraction of sp³-hybridized carbons (Fsp3) is 0.857. The Bertz CT molecular complexity index is 1310. The van der Waals surface area contributed by atoms with Gasteiger partial charge in [0, 0.05) is 6.42 Å². The van der Waals surface area contributed by atoms with Gasteiger partial charge < -0.3 is 19.8 Å². The zero-order valence-corrected chi connectivity index (χ0v) is 49.3. The van der Waals surface area contributed by atoms with E-state index in [1.807, 2.05) is 21.1 Å². The number of nitrogens with one attached hydrogen (secondary N) is 1. The van der Waals surface area contributed by atoms with E-state index in [9.17, 15) is 19.4 Å². The van der Waals surface area contributed by atoms with E-state index in [4.69, 9.17) is 9.05 Å². The predicted molar refractivity (Wildman–Crippen MR) is 314 cm³/mol. The van der Waals surface area contributed by atoms with Gasteiger partial charge in [-0.05, 0) is 51.4 Å². The molecular weight excluding hydrogens is 912 g/mol. The Morgan fingerprint density at radius 1 is 0.486 bits per heavy atom. The van der Waals surface area contributed by atoms with Crippen molar-refractivity contribution in [3.63, 3.8) is 0 Å². The topological polar surface area (TPSA) is 105 Å². The molecule has 8 nitrogen and oxygen atoms in total. The quantitative estimate of drug-likeness (QED) is 0.0243. The molecule has 9 heteroatoms. The molecule has 0 aliphatic carbocycles. The maximum atomic E-state index is 13.0. The number of allylic oxidation sites excluding steroid dienone is 8. The summed E-state index contributed by atoms with van der Waals surface area (Å²) in [6.07, 6.45) is 71.9. The van der Waals surface area contributed by atoms with Gasteiger partial charge in [0.2, 0.25) is 5.91 Å². The van der Waals surface area contributed by atoms with Crippen LogP contribution in [-0.2, 0) is 18.4 Å². The van der Waals surface area contributed by atoms with Crippen molar-refractivity contribution in [3.8, 4) is 0 Å². The molecule has 0 fully saturated rings. The number of aliphatic hydroxyl groups excluding tert-OH is 1. The number of carbonyl (C=O) groups is 1. The van der Waals surface area contributed by atoms with Crippen molar-refractivity contribution in [1.29, 1.82) is 0 Å². The van der Waals surface area contributed by atoms with Crippen LogP contribution in [0.4, 0.5) is 0 Å². The maximum absolute atomic E-state index is 13.0. The molecule has 0 rings (SSSR count). The van der Waals surface area contributed by atoms with Crippen molar-refractivity contribution in [2.45, 2.75) is 309 Å². The monoisotopic (exact) mass is 1030 g/mol.